The van der Waals surface area contributed by atoms with Gasteiger partial charge in [-0.1, -0.05) is 12.1 Å². The molecule has 0 bridgehead atoms. The summed E-state index contributed by atoms with van der Waals surface area (Å²) < 4.78 is 5.32. The van der Waals surface area contributed by atoms with Crippen molar-refractivity contribution in [2.75, 3.05) is 45.7 Å². The number of amidine groups is 1. The predicted octanol–water partition coefficient (Wildman–Crippen LogP) is 3.84. The molecule has 0 spiro atoms. The van der Waals surface area contributed by atoms with E-state index in [1.54, 1.807) is 18.4 Å². The molecule has 1 aromatic carbocycles. The van der Waals surface area contributed by atoms with E-state index in [0.717, 1.165) is 49.9 Å². The molecule has 2 aromatic rings. The lowest BCUT2D eigenvalue weighted by Gasteiger charge is -2.40. The summed E-state index contributed by atoms with van der Waals surface area (Å²) in [5.74, 6) is 1.09. The van der Waals surface area contributed by atoms with Gasteiger partial charge in [0.1, 0.15) is 10.8 Å². The van der Waals surface area contributed by atoms with E-state index in [9.17, 15) is 0 Å². The van der Waals surface area contributed by atoms with Gasteiger partial charge in [-0.15, -0.1) is 11.3 Å². The van der Waals surface area contributed by atoms with Crippen LogP contribution in [0.2, 0.25) is 0 Å². The second-order valence-electron chi connectivity index (χ2n) is 7.04. The topological polar surface area (TPSA) is 40.1 Å². The third-order valence-electron chi connectivity index (χ3n) is 5.21. The monoisotopic (exact) mass is 370 g/mol. The highest BCUT2D eigenvalue weighted by Gasteiger charge is 2.29. The minimum atomic E-state index is 0.487. The van der Waals surface area contributed by atoms with Gasteiger partial charge in [0, 0.05) is 44.3 Å². The Bertz CT molecular complexity index is 816. The van der Waals surface area contributed by atoms with Crippen LogP contribution in [-0.2, 0) is 4.74 Å². The molecule has 0 saturated carbocycles. The van der Waals surface area contributed by atoms with Gasteiger partial charge in [-0.05, 0) is 38.6 Å². The van der Waals surface area contributed by atoms with Crippen LogP contribution in [0, 0.1) is 6.92 Å². The molecular formula is C20H26N4OS. The maximum absolute atomic E-state index is 5.32. The lowest BCUT2D eigenvalue weighted by atomic mass is 10.1. The van der Waals surface area contributed by atoms with Crippen LogP contribution in [0.25, 0.3) is 0 Å². The molecule has 26 heavy (non-hydrogen) atoms. The molecule has 6 heteroatoms. The number of para-hydroxylation sites is 2. The van der Waals surface area contributed by atoms with E-state index in [1.807, 2.05) is 0 Å². The third-order valence-corrected chi connectivity index (χ3v) is 6.17. The summed E-state index contributed by atoms with van der Waals surface area (Å²) in [5, 5.41) is 4.79. The first kappa shape index (κ1) is 17.5. The number of likely N-dealkylation sites (N-methyl/N-ethyl adjacent to an activating group) is 1. The molecule has 4 rings (SSSR count). The van der Waals surface area contributed by atoms with E-state index in [0.29, 0.717) is 6.04 Å². The van der Waals surface area contributed by atoms with Gasteiger partial charge in [0.25, 0.3) is 0 Å². The van der Waals surface area contributed by atoms with E-state index >= 15 is 0 Å². The smallest absolute Gasteiger partial charge is 0.139 e. The molecule has 1 unspecified atom stereocenters. The summed E-state index contributed by atoms with van der Waals surface area (Å²) in [6.45, 7) is 5.98. The Kier molecular flexibility index (Phi) is 4.98. The van der Waals surface area contributed by atoms with Gasteiger partial charge < -0.3 is 15.0 Å². The van der Waals surface area contributed by atoms with Crippen LogP contribution in [0.3, 0.4) is 0 Å². The van der Waals surface area contributed by atoms with Crippen molar-refractivity contribution in [1.82, 2.24) is 9.80 Å². The summed E-state index contributed by atoms with van der Waals surface area (Å²) in [4.78, 5) is 11.3. The summed E-state index contributed by atoms with van der Waals surface area (Å²) >= 11 is 1.80. The van der Waals surface area contributed by atoms with Crippen LogP contribution in [-0.4, -0.2) is 62.1 Å². The van der Waals surface area contributed by atoms with Crippen molar-refractivity contribution in [2.24, 2.45) is 4.99 Å². The fourth-order valence-electron chi connectivity index (χ4n) is 3.69. The van der Waals surface area contributed by atoms with Crippen LogP contribution >= 0.6 is 11.3 Å². The minimum absolute atomic E-state index is 0.487. The molecule has 2 aliphatic heterocycles. The van der Waals surface area contributed by atoms with Gasteiger partial charge in [-0.2, -0.15) is 0 Å². The number of nitrogens with zero attached hydrogens (tertiary/aromatic N) is 3. The molecule has 0 amide bonds. The van der Waals surface area contributed by atoms with Gasteiger partial charge in [-0.25, -0.2) is 4.99 Å². The highest BCUT2D eigenvalue weighted by atomic mass is 32.1. The number of benzene rings is 1. The molecule has 1 aromatic heterocycles. The molecule has 0 aliphatic carbocycles. The average Bonchev–Trinajstić information content (AvgIpc) is 2.93. The molecule has 1 N–H and O–H groups in total. The molecule has 2 aliphatic rings. The second kappa shape index (κ2) is 7.39. The van der Waals surface area contributed by atoms with E-state index in [2.05, 4.69) is 59.4 Å². The molecule has 138 valence electrons. The summed E-state index contributed by atoms with van der Waals surface area (Å²) in [5.41, 5.74) is 3.31. The lowest BCUT2D eigenvalue weighted by Crippen LogP contribution is -2.53. The minimum Gasteiger partial charge on any atom is -0.385 e. The van der Waals surface area contributed by atoms with Crippen LogP contribution < -0.4 is 5.32 Å². The zero-order valence-corrected chi connectivity index (χ0v) is 16.5. The van der Waals surface area contributed by atoms with Crippen molar-refractivity contribution >= 4 is 33.5 Å². The molecule has 1 saturated heterocycles. The lowest BCUT2D eigenvalue weighted by molar-refractivity contribution is 0.100. The number of thiophene rings is 1. The predicted molar refractivity (Wildman–Crippen MR) is 109 cm³/mol. The SMILES string of the molecule is COCCC1CN(C2=Nc3ccccc3Nc3sc(C)cc32)CCN1C. The van der Waals surface area contributed by atoms with Crippen LogP contribution in [0.4, 0.5) is 16.4 Å². The number of ether oxygens (including phenoxy) is 1. The summed E-state index contributed by atoms with van der Waals surface area (Å²) in [6.07, 6.45) is 1.04. The number of piperazine rings is 1. The molecule has 5 nitrogen and oxygen atoms in total. The molecular weight excluding hydrogens is 344 g/mol. The molecule has 1 fully saturated rings. The number of fused-ring (bicyclic) bond motifs is 2. The molecule has 3 heterocycles. The quantitative estimate of drug-likeness (QED) is 0.891. The van der Waals surface area contributed by atoms with Gasteiger partial charge in [0.15, 0.2) is 0 Å². The van der Waals surface area contributed by atoms with Crippen molar-refractivity contribution in [3.63, 3.8) is 0 Å². The number of aryl methyl sites for hydroxylation is 1. The van der Waals surface area contributed by atoms with Crippen molar-refractivity contribution in [3.05, 3.63) is 40.8 Å². The third kappa shape index (κ3) is 3.37. The normalized spacial score (nSPS) is 20.0. The highest BCUT2D eigenvalue weighted by molar-refractivity contribution is 7.16. The Morgan fingerprint density at radius 1 is 1.31 bits per heavy atom. The molecule has 0 radical (unpaired) electrons. The number of anilines is 2. The first-order valence-electron chi connectivity index (χ1n) is 9.15. The van der Waals surface area contributed by atoms with Gasteiger partial charge >= 0.3 is 0 Å². The van der Waals surface area contributed by atoms with E-state index < -0.39 is 0 Å². The number of nitrogens with one attached hydrogen (secondary N) is 1. The average molecular weight is 371 g/mol. The van der Waals surface area contributed by atoms with Crippen LogP contribution in [0.5, 0.6) is 0 Å². The standard InChI is InChI=1S/C20H26N4OS/c1-14-12-16-19(24-10-9-23(2)15(13-24)8-11-25-3)21-17-6-4-5-7-18(17)22-20(16)26-14/h4-7,12,15,22H,8-11,13H2,1-3H3. The molecule has 1 atom stereocenters. The fourth-order valence-corrected chi connectivity index (χ4v) is 4.61. The van der Waals surface area contributed by atoms with E-state index in [4.69, 9.17) is 9.73 Å². The zero-order valence-electron chi connectivity index (χ0n) is 15.7. The van der Waals surface area contributed by atoms with Crippen LogP contribution in [0.1, 0.15) is 16.9 Å². The number of hydrogen-bond acceptors (Lipinski definition) is 6. The largest absolute Gasteiger partial charge is 0.385 e. The Morgan fingerprint density at radius 3 is 3.00 bits per heavy atom. The van der Waals surface area contributed by atoms with Gasteiger partial charge in [-0.3, -0.25) is 4.90 Å². The number of aliphatic imine (C=N–C) groups is 1. The van der Waals surface area contributed by atoms with Crippen molar-refractivity contribution in [3.8, 4) is 0 Å². The first-order chi connectivity index (χ1) is 12.7. The number of hydrogen-bond donors (Lipinski definition) is 1. The van der Waals surface area contributed by atoms with Crippen molar-refractivity contribution in [2.45, 2.75) is 19.4 Å². The second-order valence-corrected chi connectivity index (χ2v) is 8.30. The van der Waals surface area contributed by atoms with E-state index in [-0.39, 0.29) is 0 Å². The highest BCUT2D eigenvalue weighted by Crippen LogP contribution is 2.39. The Balaban J connectivity index is 1.70. The van der Waals surface area contributed by atoms with E-state index in [1.165, 1.54) is 15.4 Å². The Hall–Kier alpha value is -1.89. The van der Waals surface area contributed by atoms with Crippen LogP contribution in [0.15, 0.2) is 35.3 Å². The first-order valence-corrected chi connectivity index (χ1v) is 9.97. The fraction of sp³-hybridized carbons (Fsp3) is 0.450. The zero-order chi connectivity index (χ0) is 18.1. The maximum Gasteiger partial charge on any atom is 0.139 e. The number of methoxy groups -OCH3 is 1. The van der Waals surface area contributed by atoms with Gasteiger partial charge in [0.2, 0.25) is 0 Å². The van der Waals surface area contributed by atoms with Crippen molar-refractivity contribution < 1.29 is 4.74 Å². The Morgan fingerprint density at radius 2 is 2.15 bits per heavy atom. The maximum atomic E-state index is 5.32. The van der Waals surface area contributed by atoms with Crippen molar-refractivity contribution in [1.29, 1.82) is 0 Å². The number of rotatable bonds is 3. The summed E-state index contributed by atoms with van der Waals surface area (Å²) in [7, 11) is 3.99. The summed E-state index contributed by atoms with van der Waals surface area (Å²) in [6, 6.07) is 11.1. The van der Waals surface area contributed by atoms with Gasteiger partial charge in [0.05, 0.1) is 16.9 Å². The Labute approximate surface area is 159 Å².